The molecule has 0 bridgehead atoms. The van der Waals surface area contributed by atoms with E-state index in [0.29, 0.717) is 11.7 Å². The standard InChI is InChI=1S/C12H14O3/c1-7-3-4-8(2)11(15-12(13)14)10(7)9-5-6-9/h3-4,9H,5-6H2,1-2H3,(H,13,14). The molecule has 0 aliphatic heterocycles. The van der Waals surface area contributed by atoms with Gasteiger partial charge in [-0.2, -0.15) is 0 Å². The van der Waals surface area contributed by atoms with E-state index >= 15 is 0 Å². The van der Waals surface area contributed by atoms with Crippen molar-refractivity contribution in [1.29, 1.82) is 0 Å². The second-order valence-corrected chi connectivity index (χ2v) is 4.08. The van der Waals surface area contributed by atoms with Crippen LogP contribution in [0.2, 0.25) is 0 Å². The number of rotatable bonds is 2. The number of benzene rings is 1. The van der Waals surface area contributed by atoms with Crippen LogP contribution in [0.3, 0.4) is 0 Å². The summed E-state index contributed by atoms with van der Waals surface area (Å²) >= 11 is 0. The Balaban J connectivity index is 2.47. The van der Waals surface area contributed by atoms with E-state index in [1.807, 2.05) is 26.0 Å². The molecule has 1 aromatic carbocycles. The molecule has 1 aromatic rings. The van der Waals surface area contributed by atoms with Crippen molar-refractivity contribution >= 4 is 6.16 Å². The fraction of sp³-hybridized carbons (Fsp3) is 0.417. The highest BCUT2D eigenvalue weighted by Gasteiger charge is 2.29. The summed E-state index contributed by atoms with van der Waals surface area (Å²) in [6.45, 7) is 3.88. The minimum atomic E-state index is -1.23. The van der Waals surface area contributed by atoms with E-state index in [4.69, 9.17) is 9.84 Å². The number of hydrogen-bond acceptors (Lipinski definition) is 2. The molecule has 3 nitrogen and oxygen atoms in total. The molecule has 1 N–H and O–H groups in total. The third kappa shape index (κ3) is 1.96. The molecule has 0 aromatic heterocycles. The van der Waals surface area contributed by atoms with Crippen molar-refractivity contribution in [3.63, 3.8) is 0 Å². The van der Waals surface area contributed by atoms with E-state index in [2.05, 4.69) is 0 Å². The van der Waals surface area contributed by atoms with Gasteiger partial charge in [-0.25, -0.2) is 4.79 Å². The molecule has 0 radical (unpaired) electrons. The van der Waals surface area contributed by atoms with E-state index in [-0.39, 0.29) is 0 Å². The monoisotopic (exact) mass is 206 g/mol. The summed E-state index contributed by atoms with van der Waals surface area (Å²) in [7, 11) is 0. The molecule has 1 fully saturated rings. The fourth-order valence-corrected chi connectivity index (χ4v) is 1.91. The molecule has 80 valence electrons. The van der Waals surface area contributed by atoms with Gasteiger partial charge in [-0.1, -0.05) is 12.1 Å². The van der Waals surface area contributed by atoms with Crippen LogP contribution >= 0.6 is 0 Å². The molecule has 0 saturated heterocycles. The summed E-state index contributed by atoms with van der Waals surface area (Å²) in [5.41, 5.74) is 3.10. The molecule has 0 heterocycles. The first-order valence-corrected chi connectivity index (χ1v) is 5.10. The molecule has 0 amide bonds. The van der Waals surface area contributed by atoms with Gasteiger partial charge in [0.2, 0.25) is 0 Å². The third-order valence-corrected chi connectivity index (χ3v) is 2.79. The van der Waals surface area contributed by atoms with Crippen molar-refractivity contribution in [1.82, 2.24) is 0 Å². The number of carboxylic acid groups (broad SMARTS) is 1. The van der Waals surface area contributed by atoms with Crippen LogP contribution in [-0.4, -0.2) is 11.3 Å². The Morgan fingerprint density at radius 1 is 1.33 bits per heavy atom. The van der Waals surface area contributed by atoms with Crippen LogP contribution in [0.15, 0.2) is 12.1 Å². The summed E-state index contributed by atoms with van der Waals surface area (Å²) in [4.78, 5) is 10.6. The van der Waals surface area contributed by atoms with Gasteiger partial charge in [-0.3, -0.25) is 0 Å². The lowest BCUT2D eigenvalue weighted by atomic mass is 10.00. The van der Waals surface area contributed by atoms with E-state index in [1.165, 1.54) is 0 Å². The van der Waals surface area contributed by atoms with Gasteiger partial charge in [0.15, 0.2) is 0 Å². The second-order valence-electron chi connectivity index (χ2n) is 4.08. The maximum absolute atomic E-state index is 10.6. The Morgan fingerprint density at radius 3 is 2.47 bits per heavy atom. The Hall–Kier alpha value is -1.51. The summed E-state index contributed by atoms with van der Waals surface area (Å²) in [6.07, 6.45) is 1.05. The number of hydrogen-bond donors (Lipinski definition) is 1. The predicted molar refractivity (Wildman–Crippen MR) is 56.5 cm³/mol. The maximum Gasteiger partial charge on any atom is 0.511 e. The zero-order chi connectivity index (χ0) is 11.0. The second kappa shape index (κ2) is 3.57. The topological polar surface area (TPSA) is 46.5 Å². The summed E-state index contributed by atoms with van der Waals surface area (Å²) < 4.78 is 4.87. The first-order chi connectivity index (χ1) is 7.09. The highest BCUT2D eigenvalue weighted by atomic mass is 16.7. The van der Waals surface area contributed by atoms with Crippen molar-refractivity contribution in [3.05, 3.63) is 28.8 Å². The van der Waals surface area contributed by atoms with E-state index in [0.717, 1.165) is 29.5 Å². The van der Waals surface area contributed by atoms with Crippen molar-refractivity contribution < 1.29 is 14.6 Å². The van der Waals surface area contributed by atoms with Crippen molar-refractivity contribution in [2.45, 2.75) is 32.6 Å². The highest BCUT2D eigenvalue weighted by molar-refractivity contribution is 5.64. The Labute approximate surface area is 88.7 Å². The molecule has 0 atom stereocenters. The lowest BCUT2D eigenvalue weighted by Gasteiger charge is -2.12. The largest absolute Gasteiger partial charge is 0.511 e. The van der Waals surface area contributed by atoms with Crippen LogP contribution in [0.1, 0.15) is 35.4 Å². The van der Waals surface area contributed by atoms with Gasteiger partial charge < -0.3 is 9.84 Å². The van der Waals surface area contributed by atoms with Crippen LogP contribution in [0.5, 0.6) is 5.75 Å². The van der Waals surface area contributed by atoms with Crippen LogP contribution < -0.4 is 4.74 Å². The van der Waals surface area contributed by atoms with Gasteiger partial charge in [0, 0.05) is 5.56 Å². The minimum Gasteiger partial charge on any atom is -0.449 e. The number of aryl methyl sites for hydroxylation is 2. The SMILES string of the molecule is Cc1ccc(C)c(C2CC2)c1OC(=O)O. The zero-order valence-corrected chi connectivity index (χ0v) is 8.91. The molecule has 1 aliphatic rings. The van der Waals surface area contributed by atoms with Crippen molar-refractivity contribution in [2.24, 2.45) is 0 Å². The average molecular weight is 206 g/mol. The average Bonchev–Trinajstić information content (AvgIpc) is 2.94. The van der Waals surface area contributed by atoms with E-state index in [9.17, 15) is 4.79 Å². The van der Waals surface area contributed by atoms with Gasteiger partial charge in [0.05, 0.1) is 0 Å². The number of ether oxygens (including phenoxy) is 1. The summed E-state index contributed by atoms with van der Waals surface area (Å²) in [5, 5.41) is 8.69. The van der Waals surface area contributed by atoms with E-state index in [1.54, 1.807) is 0 Å². The Kier molecular flexibility index (Phi) is 2.39. The molecular weight excluding hydrogens is 192 g/mol. The van der Waals surface area contributed by atoms with Gasteiger partial charge >= 0.3 is 6.16 Å². The molecule has 0 spiro atoms. The Morgan fingerprint density at radius 2 is 1.93 bits per heavy atom. The quantitative estimate of drug-likeness (QED) is 0.596. The lowest BCUT2D eigenvalue weighted by Crippen LogP contribution is -2.07. The van der Waals surface area contributed by atoms with Crippen LogP contribution in [0.25, 0.3) is 0 Å². The van der Waals surface area contributed by atoms with Crippen molar-refractivity contribution in [2.75, 3.05) is 0 Å². The molecule has 1 saturated carbocycles. The van der Waals surface area contributed by atoms with Crippen LogP contribution in [0.4, 0.5) is 4.79 Å². The predicted octanol–water partition coefficient (Wildman–Crippen LogP) is 3.24. The lowest BCUT2D eigenvalue weighted by molar-refractivity contribution is 0.143. The van der Waals surface area contributed by atoms with Gasteiger partial charge in [-0.05, 0) is 43.7 Å². The molecule has 15 heavy (non-hydrogen) atoms. The molecule has 1 aliphatic carbocycles. The zero-order valence-electron chi connectivity index (χ0n) is 8.91. The van der Waals surface area contributed by atoms with Crippen LogP contribution in [0, 0.1) is 13.8 Å². The first-order valence-electron chi connectivity index (χ1n) is 5.10. The normalized spacial score (nSPS) is 15.1. The molecule has 0 unspecified atom stereocenters. The smallest absolute Gasteiger partial charge is 0.449 e. The highest BCUT2D eigenvalue weighted by Crippen LogP contribution is 2.46. The van der Waals surface area contributed by atoms with Gasteiger partial charge in [-0.15, -0.1) is 0 Å². The summed E-state index contributed by atoms with van der Waals surface area (Å²) in [6, 6.07) is 3.93. The molecular formula is C12H14O3. The van der Waals surface area contributed by atoms with Crippen molar-refractivity contribution in [3.8, 4) is 5.75 Å². The van der Waals surface area contributed by atoms with Gasteiger partial charge in [0.25, 0.3) is 0 Å². The molecule has 2 rings (SSSR count). The minimum absolute atomic E-state index is 0.499. The van der Waals surface area contributed by atoms with E-state index < -0.39 is 6.16 Å². The maximum atomic E-state index is 10.6. The third-order valence-electron chi connectivity index (χ3n) is 2.79. The summed E-state index contributed by atoms with van der Waals surface area (Å²) in [5.74, 6) is 1.05. The first kappa shape index (κ1) is 10.0. The van der Waals surface area contributed by atoms with Gasteiger partial charge in [0.1, 0.15) is 5.75 Å². The molecule has 3 heteroatoms. The number of carbonyl (C=O) groups is 1. The fourth-order valence-electron chi connectivity index (χ4n) is 1.91. The van der Waals surface area contributed by atoms with Crippen LogP contribution in [-0.2, 0) is 0 Å². The Bertz CT molecular complexity index is 406.